The lowest BCUT2D eigenvalue weighted by Crippen LogP contribution is -2.41. The van der Waals surface area contributed by atoms with Crippen molar-refractivity contribution < 1.29 is 0 Å². The largest absolute Gasteiger partial charge is 0.327 e. The molecule has 0 aliphatic heterocycles. The van der Waals surface area contributed by atoms with E-state index in [1.807, 2.05) is 11.6 Å². The average molecular weight is 284 g/mol. The Morgan fingerprint density at radius 1 is 1.37 bits per heavy atom. The van der Waals surface area contributed by atoms with Gasteiger partial charge in [0.05, 0.1) is 16.4 Å². The molecule has 1 fully saturated rings. The maximum atomic E-state index is 6.56. The number of aromatic nitrogens is 2. The van der Waals surface area contributed by atoms with E-state index in [2.05, 4.69) is 18.9 Å². The molecule has 1 aromatic heterocycles. The quantitative estimate of drug-likeness (QED) is 0.895. The number of hydrogen-bond donors (Lipinski definition) is 1. The summed E-state index contributed by atoms with van der Waals surface area (Å²) in [5.74, 6) is 0. The SMILES string of the molecule is CCn1nc(C)c(Cl)c1CC(N)C1(CC)CCCC1. The van der Waals surface area contributed by atoms with E-state index in [4.69, 9.17) is 17.3 Å². The van der Waals surface area contributed by atoms with Crippen LogP contribution in [0.2, 0.25) is 5.02 Å². The minimum atomic E-state index is 0.193. The fraction of sp³-hybridized carbons (Fsp3) is 0.800. The molecule has 1 aliphatic carbocycles. The lowest BCUT2D eigenvalue weighted by Gasteiger charge is -2.34. The van der Waals surface area contributed by atoms with Crippen LogP contribution < -0.4 is 5.73 Å². The Morgan fingerprint density at radius 2 is 2.00 bits per heavy atom. The van der Waals surface area contributed by atoms with Gasteiger partial charge in [0.1, 0.15) is 0 Å². The number of nitrogens with zero attached hydrogens (tertiary/aromatic N) is 2. The first-order valence-electron chi connectivity index (χ1n) is 7.51. The van der Waals surface area contributed by atoms with Crippen molar-refractivity contribution in [1.29, 1.82) is 0 Å². The van der Waals surface area contributed by atoms with Crippen LogP contribution in [-0.2, 0) is 13.0 Å². The first kappa shape index (κ1) is 14.9. The number of hydrogen-bond acceptors (Lipinski definition) is 2. The highest BCUT2D eigenvalue weighted by Crippen LogP contribution is 2.44. The maximum Gasteiger partial charge on any atom is 0.0847 e. The maximum absolute atomic E-state index is 6.56. The van der Waals surface area contributed by atoms with Crippen molar-refractivity contribution in [2.45, 2.75) is 71.9 Å². The van der Waals surface area contributed by atoms with Crippen LogP contribution in [0.5, 0.6) is 0 Å². The summed E-state index contributed by atoms with van der Waals surface area (Å²) in [6.07, 6.45) is 7.19. The molecule has 1 heterocycles. The van der Waals surface area contributed by atoms with Gasteiger partial charge in [0.2, 0.25) is 0 Å². The zero-order valence-electron chi connectivity index (χ0n) is 12.4. The van der Waals surface area contributed by atoms with E-state index in [9.17, 15) is 0 Å². The van der Waals surface area contributed by atoms with Crippen molar-refractivity contribution >= 4 is 11.6 Å². The summed E-state index contributed by atoms with van der Waals surface area (Å²) in [5, 5.41) is 5.29. The Morgan fingerprint density at radius 3 is 2.53 bits per heavy atom. The molecule has 0 aromatic carbocycles. The minimum Gasteiger partial charge on any atom is -0.327 e. The molecular formula is C15H26ClN3. The van der Waals surface area contributed by atoms with Crippen LogP contribution in [0.4, 0.5) is 0 Å². The van der Waals surface area contributed by atoms with Crippen LogP contribution in [-0.4, -0.2) is 15.8 Å². The molecule has 2 rings (SSSR count). The normalized spacial score (nSPS) is 19.8. The summed E-state index contributed by atoms with van der Waals surface area (Å²) in [5.41, 5.74) is 8.92. The van der Waals surface area contributed by atoms with Crippen LogP contribution in [0, 0.1) is 12.3 Å². The fourth-order valence-corrected chi connectivity index (χ4v) is 3.77. The van der Waals surface area contributed by atoms with Crippen molar-refractivity contribution in [3.05, 3.63) is 16.4 Å². The van der Waals surface area contributed by atoms with Crippen LogP contribution in [0.1, 0.15) is 57.3 Å². The highest BCUT2D eigenvalue weighted by atomic mass is 35.5. The summed E-state index contributed by atoms with van der Waals surface area (Å²) in [4.78, 5) is 0. The second-order valence-electron chi connectivity index (χ2n) is 5.90. The Kier molecular flexibility index (Phi) is 4.57. The van der Waals surface area contributed by atoms with Crippen LogP contribution >= 0.6 is 11.6 Å². The predicted octanol–water partition coefficient (Wildman–Crippen LogP) is 3.71. The van der Waals surface area contributed by atoms with Gasteiger partial charge in [-0.3, -0.25) is 4.68 Å². The fourth-order valence-electron chi connectivity index (χ4n) is 3.55. The van der Waals surface area contributed by atoms with Gasteiger partial charge in [0.25, 0.3) is 0 Å². The molecule has 108 valence electrons. The van der Waals surface area contributed by atoms with Crippen LogP contribution in [0.15, 0.2) is 0 Å². The first-order chi connectivity index (χ1) is 9.04. The summed E-state index contributed by atoms with van der Waals surface area (Å²) in [6.45, 7) is 7.20. The van der Waals surface area contributed by atoms with Gasteiger partial charge in [-0.05, 0) is 38.5 Å². The van der Waals surface area contributed by atoms with Crippen LogP contribution in [0.25, 0.3) is 0 Å². The van der Waals surface area contributed by atoms with Gasteiger partial charge in [-0.25, -0.2) is 0 Å². The van der Waals surface area contributed by atoms with Crippen molar-refractivity contribution in [3.63, 3.8) is 0 Å². The standard InChI is InChI=1S/C15H26ClN3/c1-4-15(8-6-7-9-15)13(17)10-12-14(16)11(3)18-19(12)5-2/h13H,4-10,17H2,1-3H3. The topological polar surface area (TPSA) is 43.8 Å². The van der Waals surface area contributed by atoms with Crippen LogP contribution in [0.3, 0.4) is 0 Å². The van der Waals surface area contributed by atoms with Crippen molar-refractivity contribution in [2.75, 3.05) is 0 Å². The predicted molar refractivity (Wildman–Crippen MR) is 80.5 cm³/mol. The first-order valence-corrected chi connectivity index (χ1v) is 7.89. The molecule has 3 nitrogen and oxygen atoms in total. The van der Waals surface area contributed by atoms with E-state index in [0.29, 0.717) is 5.41 Å². The Balaban J connectivity index is 2.20. The second-order valence-corrected chi connectivity index (χ2v) is 6.27. The molecule has 1 aromatic rings. The molecule has 1 saturated carbocycles. The Bertz CT molecular complexity index is 433. The van der Waals surface area contributed by atoms with Gasteiger partial charge in [0.15, 0.2) is 0 Å². The third-order valence-corrected chi connectivity index (χ3v) is 5.45. The molecule has 1 atom stereocenters. The van der Waals surface area contributed by atoms with E-state index in [1.165, 1.54) is 32.1 Å². The molecule has 1 unspecified atom stereocenters. The number of halogens is 1. The molecule has 1 aliphatic rings. The summed E-state index contributed by atoms with van der Waals surface area (Å²) in [7, 11) is 0. The average Bonchev–Trinajstić information content (AvgIpc) is 2.99. The highest BCUT2D eigenvalue weighted by molar-refractivity contribution is 6.31. The zero-order chi connectivity index (χ0) is 14.0. The summed E-state index contributed by atoms with van der Waals surface area (Å²) < 4.78 is 2.01. The van der Waals surface area contributed by atoms with E-state index < -0.39 is 0 Å². The molecule has 0 amide bonds. The van der Waals surface area contributed by atoms with Crippen molar-refractivity contribution in [2.24, 2.45) is 11.1 Å². The smallest absolute Gasteiger partial charge is 0.0847 e. The molecule has 19 heavy (non-hydrogen) atoms. The van der Waals surface area contributed by atoms with Gasteiger partial charge in [-0.1, -0.05) is 31.4 Å². The van der Waals surface area contributed by atoms with E-state index in [1.54, 1.807) is 0 Å². The lowest BCUT2D eigenvalue weighted by atomic mass is 9.75. The minimum absolute atomic E-state index is 0.193. The molecule has 2 N–H and O–H groups in total. The summed E-state index contributed by atoms with van der Waals surface area (Å²) in [6, 6.07) is 0.193. The second kappa shape index (κ2) is 5.84. The monoisotopic (exact) mass is 283 g/mol. The molecule has 0 bridgehead atoms. The third-order valence-electron chi connectivity index (χ3n) is 4.96. The number of aryl methyl sites for hydroxylation is 2. The van der Waals surface area contributed by atoms with Gasteiger partial charge in [0, 0.05) is 19.0 Å². The molecule has 4 heteroatoms. The Labute approximate surface area is 121 Å². The van der Waals surface area contributed by atoms with Gasteiger partial charge in [-0.15, -0.1) is 0 Å². The van der Waals surface area contributed by atoms with Gasteiger partial charge in [-0.2, -0.15) is 5.10 Å². The number of rotatable bonds is 5. The molecule has 0 radical (unpaired) electrons. The third kappa shape index (κ3) is 2.68. The molecular weight excluding hydrogens is 258 g/mol. The van der Waals surface area contributed by atoms with E-state index >= 15 is 0 Å². The van der Waals surface area contributed by atoms with E-state index in [0.717, 1.165) is 29.4 Å². The van der Waals surface area contributed by atoms with Crippen molar-refractivity contribution in [1.82, 2.24) is 9.78 Å². The highest BCUT2D eigenvalue weighted by Gasteiger charge is 2.38. The lowest BCUT2D eigenvalue weighted by molar-refractivity contribution is 0.216. The number of nitrogens with two attached hydrogens (primary N) is 1. The summed E-state index contributed by atoms with van der Waals surface area (Å²) >= 11 is 6.39. The van der Waals surface area contributed by atoms with Gasteiger partial charge < -0.3 is 5.73 Å². The molecule has 0 spiro atoms. The Hall–Kier alpha value is -0.540. The van der Waals surface area contributed by atoms with Gasteiger partial charge >= 0.3 is 0 Å². The zero-order valence-corrected chi connectivity index (χ0v) is 13.1. The molecule has 0 saturated heterocycles. The van der Waals surface area contributed by atoms with E-state index in [-0.39, 0.29) is 6.04 Å². The van der Waals surface area contributed by atoms with Crippen molar-refractivity contribution in [3.8, 4) is 0 Å².